The average molecular weight is 182 g/mol. The molecular formula is C5H10O5S. The molecule has 0 aliphatic heterocycles. The summed E-state index contributed by atoms with van der Waals surface area (Å²) in [6, 6.07) is 0. The number of hydrogen-bond acceptors (Lipinski definition) is 4. The van der Waals surface area contributed by atoms with Gasteiger partial charge in [-0.3, -0.25) is 9.35 Å². The minimum absolute atomic E-state index is 0.0229. The standard InChI is InChI=1S/C5H10O5S/c1-5(6)10-3-2-4-11(7,8)9/h2-4H2,1H3,(H,7,8,9). The summed E-state index contributed by atoms with van der Waals surface area (Å²) in [6.07, 6.45) is 0.123. The van der Waals surface area contributed by atoms with Gasteiger partial charge in [0.05, 0.1) is 12.4 Å². The van der Waals surface area contributed by atoms with E-state index in [-0.39, 0.29) is 18.8 Å². The lowest BCUT2D eigenvalue weighted by atomic mass is 10.5. The second kappa shape index (κ2) is 4.30. The van der Waals surface area contributed by atoms with Gasteiger partial charge in [0.25, 0.3) is 10.1 Å². The zero-order chi connectivity index (χ0) is 8.91. The van der Waals surface area contributed by atoms with Crippen molar-refractivity contribution in [1.82, 2.24) is 0 Å². The van der Waals surface area contributed by atoms with Gasteiger partial charge >= 0.3 is 5.97 Å². The molecule has 0 saturated carbocycles. The second-order valence-electron chi connectivity index (χ2n) is 1.98. The highest BCUT2D eigenvalue weighted by atomic mass is 32.2. The molecule has 11 heavy (non-hydrogen) atoms. The first-order valence-electron chi connectivity index (χ1n) is 3.00. The van der Waals surface area contributed by atoms with Crippen molar-refractivity contribution in [3.63, 3.8) is 0 Å². The summed E-state index contributed by atoms with van der Waals surface area (Å²) in [7, 11) is -3.91. The van der Waals surface area contributed by atoms with Gasteiger partial charge < -0.3 is 4.74 Å². The lowest BCUT2D eigenvalue weighted by molar-refractivity contribution is -0.140. The van der Waals surface area contributed by atoms with Crippen molar-refractivity contribution < 1.29 is 22.5 Å². The maximum atomic E-state index is 10.1. The van der Waals surface area contributed by atoms with Crippen molar-refractivity contribution in [2.75, 3.05) is 12.4 Å². The summed E-state index contributed by atoms with van der Waals surface area (Å²) in [4.78, 5) is 10.1. The number of carbonyl (C=O) groups excluding carboxylic acids is 1. The largest absolute Gasteiger partial charge is 0.466 e. The zero-order valence-corrected chi connectivity index (χ0v) is 6.93. The predicted molar refractivity (Wildman–Crippen MR) is 37.7 cm³/mol. The zero-order valence-electron chi connectivity index (χ0n) is 6.11. The fraction of sp³-hybridized carbons (Fsp3) is 0.800. The first-order chi connectivity index (χ1) is 4.92. The van der Waals surface area contributed by atoms with Gasteiger partial charge in [-0.25, -0.2) is 0 Å². The Kier molecular flexibility index (Phi) is 4.06. The van der Waals surface area contributed by atoms with Crippen molar-refractivity contribution in [3.8, 4) is 0 Å². The molecule has 0 bridgehead atoms. The van der Waals surface area contributed by atoms with Gasteiger partial charge in [-0.05, 0) is 6.42 Å². The van der Waals surface area contributed by atoms with E-state index in [9.17, 15) is 13.2 Å². The molecule has 0 fully saturated rings. The first kappa shape index (κ1) is 10.4. The van der Waals surface area contributed by atoms with E-state index in [1.54, 1.807) is 0 Å². The molecule has 0 radical (unpaired) electrons. The van der Waals surface area contributed by atoms with E-state index in [2.05, 4.69) is 4.74 Å². The third-order valence-electron chi connectivity index (χ3n) is 0.852. The minimum atomic E-state index is -3.91. The molecule has 0 unspecified atom stereocenters. The first-order valence-corrected chi connectivity index (χ1v) is 4.61. The number of hydrogen-bond donors (Lipinski definition) is 1. The van der Waals surface area contributed by atoms with Crippen molar-refractivity contribution >= 4 is 16.1 Å². The van der Waals surface area contributed by atoms with Gasteiger partial charge in [-0.2, -0.15) is 8.42 Å². The topological polar surface area (TPSA) is 80.7 Å². The Balaban J connectivity index is 3.37. The third-order valence-corrected chi connectivity index (χ3v) is 1.66. The summed E-state index contributed by atoms with van der Waals surface area (Å²) in [5.41, 5.74) is 0. The Morgan fingerprint density at radius 3 is 2.45 bits per heavy atom. The Morgan fingerprint density at radius 1 is 1.55 bits per heavy atom. The molecule has 0 aliphatic carbocycles. The maximum Gasteiger partial charge on any atom is 0.302 e. The van der Waals surface area contributed by atoms with E-state index in [0.29, 0.717) is 0 Å². The van der Waals surface area contributed by atoms with Gasteiger partial charge in [0.2, 0.25) is 0 Å². The Morgan fingerprint density at radius 2 is 2.09 bits per heavy atom. The highest BCUT2D eigenvalue weighted by Gasteiger charge is 2.03. The summed E-state index contributed by atoms with van der Waals surface area (Å²) >= 11 is 0. The highest BCUT2D eigenvalue weighted by Crippen LogP contribution is 1.89. The monoisotopic (exact) mass is 182 g/mol. The molecule has 1 N–H and O–H groups in total. The number of rotatable bonds is 4. The van der Waals surface area contributed by atoms with Crippen LogP contribution in [0.4, 0.5) is 0 Å². The fourth-order valence-corrected chi connectivity index (χ4v) is 0.940. The fourth-order valence-electron chi connectivity index (χ4n) is 0.457. The van der Waals surface area contributed by atoms with Crippen LogP contribution >= 0.6 is 0 Å². The molecule has 0 aromatic rings. The SMILES string of the molecule is CC(=O)OCCCS(=O)(=O)O. The summed E-state index contributed by atoms with van der Waals surface area (Å²) < 4.78 is 32.8. The van der Waals surface area contributed by atoms with E-state index in [4.69, 9.17) is 4.55 Å². The number of carbonyl (C=O) groups is 1. The van der Waals surface area contributed by atoms with Crippen LogP contribution in [0, 0.1) is 0 Å². The van der Waals surface area contributed by atoms with Crippen molar-refractivity contribution in [3.05, 3.63) is 0 Å². The molecule has 0 amide bonds. The van der Waals surface area contributed by atoms with Crippen LogP contribution in [-0.2, 0) is 19.6 Å². The molecule has 0 saturated heterocycles. The molecule has 0 spiro atoms. The van der Waals surface area contributed by atoms with E-state index in [0.717, 1.165) is 0 Å². The molecule has 0 atom stereocenters. The van der Waals surface area contributed by atoms with Crippen molar-refractivity contribution in [2.24, 2.45) is 0 Å². The Bertz CT molecular complexity index is 217. The molecule has 6 heteroatoms. The van der Waals surface area contributed by atoms with Crippen LogP contribution < -0.4 is 0 Å². The second-order valence-corrected chi connectivity index (χ2v) is 3.55. The van der Waals surface area contributed by atoms with Crippen molar-refractivity contribution in [2.45, 2.75) is 13.3 Å². The number of ether oxygens (including phenoxy) is 1. The quantitative estimate of drug-likeness (QED) is 0.371. The van der Waals surface area contributed by atoms with Gasteiger partial charge in [0.1, 0.15) is 0 Å². The van der Waals surface area contributed by atoms with Gasteiger partial charge in [-0.1, -0.05) is 0 Å². The highest BCUT2D eigenvalue weighted by molar-refractivity contribution is 7.85. The Labute approximate surface area is 65.1 Å². The van der Waals surface area contributed by atoms with Crippen LogP contribution in [0.2, 0.25) is 0 Å². The van der Waals surface area contributed by atoms with Crippen LogP contribution in [0.25, 0.3) is 0 Å². The van der Waals surface area contributed by atoms with Gasteiger partial charge in [-0.15, -0.1) is 0 Å². The normalized spacial score (nSPS) is 11.1. The lowest BCUT2D eigenvalue weighted by Gasteiger charge is -1.98. The van der Waals surface area contributed by atoms with Crippen LogP contribution in [0.15, 0.2) is 0 Å². The summed E-state index contributed by atoms with van der Waals surface area (Å²) in [5.74, 6) is -0.833. The van der Waals surface area contributed by atoms with Crippen LogP contribution in [0.3, 0.4) is 0 Å². The average Bonchev–Trinajstić information content (AvgIpc) is 1.78. The number of esters is 1. The van der Waals surface area contributed by atoms with Gasteiger partial charge in [0, 0.05) is 6.92 Å². The molecule has 0 aromatic heterocycles. The molecule has 0 aliphatic rings. The molecule has 0 heterocycles. The molecule has 66 valence electrons. The van der Waals surface area contributed by atoms with Crippen molar-refractivity contribution in [1.29, 1.82) is 0 Å². The van der Waals surface area contributed by atoms with E-state index in [1.807, 2.05) is 0 Å². The summed E-state index contributed by atoms with van der Waals surface area (Å²) in [5, 5.41) is 0. The van der Waals surface area contributed by atoms with E-state index in [1.165, 1.54) is 6.92 Å². The maximum absolute atomic E-state index is 10.1. The Hall–Kier alpha value is -0.620. The van der Waals surface area contributed by atoms with E-state index < -0.39 is 16.1 Å². The van der Waals surface area contributed by atoms with Crippen LogP contribution in [-0.4, -0.2) is 31.3 Å². The molecule has 0 rings (SSSR count). The summed E-state index contributed by atoms with van der Waals surface area (Å²) in [6.45, 7) is 1.25. The van der Waals surface area contributed by atoms with Crippen LogP contribution in [0.5, 0.6) is 0 Å². The van der Waals surface area contributed by atoms with E-state index >= 15 is 0 Å². The van der Waals surface area contributed by atoms with Crippen LogP contribution in [0.1, 0.15) is 13.3 Å². The molecule has 5 nitrogen and oxygen atoms in total. The smallest absolute Gasteiger partial charge is 0.302 e. The lowest BCUT2D eigenvalue weighted by Crippen LogP contribution is -2.08. The third kappa shape index (κ3) is 9.38. The van der Waals surface area contributed by atoms with Gasteiger partial charge in [0.15, 0.2) is 0 Å². The predicted octanol–water partition coefficient (Wildman–Crippen LogP) is -0.173. The molecular weight excluding hydrogens is 172 g/mol. The molecule has 0 aromatic carbocycles. The minimum Gasteiger partial charge on any atom is -0.466 e.